The van der Waals surface area contributed by atoms with E-state index in [9.17, 15) is 104 Å². The molecule has 45 nitrogen and oxygen atoms in total. The molecule has 0 saturated carbocycles. The van der Waals surface area contributed by atoms with Crippen molar-refractivity contribution in [2.75, 3.05) is 145 Å². The first-order valence-corrected chi connectivity index (χ1v) is 40.3. The lowest BCUT2D eigenvalue weighted by Gasteiger charge is -2.28. The summed E-state index contributed by atoms with van der Waals surface area (Å²) < 4.78 is 222. The number of phosphoric acid groups is 11. The second-order valence-corrected chi connectivity index (χ2v) is 31.1. The predicted octanol–water partition coefficient (Wildman–Crippen LogP) is -3.45. The molecule has 0 aromatic rings. The summed E-state index contributed by atoms with van der Waals surface area (Å²) in [6.45, 7) is -14.8. The largest absolute Gasteiger partial charge is 0.756 e. The highest BCUT2D eigenvalue weighted by Crippen LogP contribution is 2.47. The summed E-state index contributed by atoms with van der Waals surface area (Å²) >= 11 is 0. The highest BCUT2D eigenvalue weighted by Gasteiger charge is 2.23. The SMILES string of the molecule is CCC(CO)COP(=O)([O-])OCCOP(=O)([O-])OCC(CC)COP(=O)([O-])OCCOP(=O)([O-])OCCOP(=O)([O-])OCCOP(=O)([O-])OCCOP(=O)([O-])OCCOP(=O)([O-])OCCOP(=O)([O-])OCCOP(=O)([O-])OCC(CC)COP(=O)([O-])O. The minimum Gasteiger partial charge on any atom is -0.756 e. The molecule has 0 amide bonds. The third-order valence-electron chi connectivity index (χ3n) is 8.99. The Kier molecular flexibility index (Phi) is 43.9. The monoisotopic (exact) mass is 1500 g/mol. The van der Waals surface area contributed by atoms with Crippen molar-refractivity contribution in [3.05, 3.63) is 0 Å². The number of rotatable bonds is 59. The van der Waals surface area contributed by atoms with Gasteiger partial charge in [-0.15, -0.1) is 0 Å². The van der Waals surface area contributed by atoms with Gasteiger partial charge in [0.15, 0.2) is 0 Å². The summed E-state index contributed by atoms with van der Waals surface area (Å²) in [4.78, 5) is 138. The Balaban J connectivity index is 4.35. The first kappa shape index (κ1) is 88.2. The summed E-state index contributed by atoms with van der Waals surface area (Å²) in [6.07, 6.45) is 0.616. The van der Waals surface area contributed by atoms with Crippen LogP contribution < -0.4 is 53.8 Å². The van der Waals surface area contributed by atoms with E-state index >= 15 is 0 Å². The number of aliphatic hydroxyl groups excluding tert-OH is 1. The molecule has 0 spiro atoms. The lowest BCUT2D eigenvalue weighted by atomic mass is 10.1. The molecule has 524 valence electrons. The molecule has 2 N–H and O–H groups in total. The van der Waals surface area contributed by atoms with Gasteiger partial charge < -0.3 is 159 Å². The molecule has 0 aromatic carbocycles. The number of aliphatic hydroxyl groups is 1. The standard InChI is InChI=1S/C31H75O45P11/c1-4-29(23-32)24-73-84(48,49)68-21-22-71-87(54,55)76-28-31(6-3)27-75-86(52,53)70-20-18-67-83(46,47)65-16-14-63-81(42,43)61-12-10-59-79(38,39)57-8-7-56-78(36,37)58-9-11-60-80(40,41)62-13-15-64-82(44,45)66-17-19-69-85(50,51)74-26-30(5-2)25-72-77(33,34)35/h29-32H,4-28H2,1-3H3,(H,36,37)(H,38,39)(H,40,41)(H,42,43)(H,44,45)(H,46,47)(H,48,49)(H,50,51)(H,52,53)(H,54,55)(H2,33,34,35)/p-11. The fourth-order valence-electron chi connectivity index (χ4n) is 4.61. The van der Waals surface area contributed by atoms with Crippen LogP contribution in [0.15, 0.2) is 0 Å². The lowest BCUT2D eigenvalue weighted by Crippen LogP contribution is -2.21. The maximum absolute atomic E-state index is 12.1. The van der Waals surface area contributed by atoms with Gasteiger partial charge >= 0.3 is 0 Å². The quantitative estimate of drug-likeness (QED) is 0.0442. The average molecular weight is 1500 g/mol. The smallest absolute Gasteiger partial charge is 0.268 e. The van der Waals surface area contributed by atoms with Gasteiger partial charge in [-0.05, 0) is 19.3 Å². The minimum absolute atomic E-state index is 0.0728. The highest BCUT2D eigenvalue weighted by molar-refractivity contribution is 7.48. The third-order valence-corrected chi connectivity index (χ3v) is 19.3. The molecule has 0 aromatic heterocycles. The maximum atomic E-state index is 12.1. The van der Waals surface area contributed by atoms with Crippen LogP contribution in [-0.4, -0.2) is 155 Å². The van der Waals surface area contributed by atoms with Crippen LogP contribution in [0.2, 0.25) is 0 Å². The van der Waals surface area contributed by atoms with E-state index < -0.39 is 236 Å². The molecule has 0 aliphatic heterocycles. The van der Waals surface area contributed by atoms with Gasteiger partial charge in [-0.25, -0.2) is 0 Å². The fourth-order valence-corrected chi connectivity index (χ4v) is 12.1. The molecule has 0 saturated heterocycles. The second-order valence-electron chi connectivity index (χ2n) is 15.8. The fraction of sp³-hybridized carbons (Fsp3) is 1.00. The van der Waals surface area contributed by atoms with Crippen LogP contribution >= 0.6 is 86.0 Å². The molecule has 0 radical (unpaired) electrons. The van der Waals surface area contributed by atoms with Crippen LogP contribution in [0.25, 0.3) is 0 Å². The molecule has 0 bridgehead atoms. The third kappa shape index (κ3) is 51.2. The Bertz CT molecular complexity index is 2480. The van der Waals surface area contributed by atoms with E-state index in [1.165, 1.54) is 13.8 Å². The molecule has 56 heteroatoms. The van der Waals surface area contributed by atoms with E-state index in [-0.39, 0.29) is 26.1 Å². The maximum Gasteiger partial charge on any atom is 0.268 e. The zero-order valence-electron chi connectivity index (χ0n) is 45.8. The summed E-state index contributed by atoms with van der Waals surface area (Å²) in [5.41, 5.74) is 0. The molecule has 0 aliphatic carbocycles. The van der Waals surface area contributed by atoms with Crippen molar-refractivity contribution in [3.8, 4) is 0 Å². The van der Waals surface area contributed by atoms with Gasteiger partial charge in [-0.3, -0.25) is 50.2 Å². The van der Waals surface area contributed by atoms with E-state index in [1.54, 1.807) is 6.92 Å². The summed E-state index contributed by atoms with van der Waals surface area (Å²) in [7, 11) is -57.0. The van der Waals surface area contributed by atoms with Gasteiger partial charge in [0.1, 0.15) is 0 Å². The van der Waals surface area contributed by atoms with Crippen LogP contribution in [0.5, 0.6) is 0 Å². The van der Waals surface area contributed by atoms with Crippen molar-refractivity contribution >= 4 is 86.0 Å². The normalized spacial score (nSPS) is 21.1. The molecule has 0 rings (SSSR count). The van der Waals surface area contributed by atoms with Gasteiger partial charge in [0.25, 0.3) is 86.0 Å². The molecule has 87 heavy (non-hydrogen) atoms. The van der Waals surface area contributed by atoms with Crippen molar-refractivity contribution in [2.45, 2.75) is 40.0 Å². The van der Waals surface area contributed by atoms with Crippen LogP contribution in [0, 0.1) is 17.8 Å². The van der Waals surface area contributed by atoms with Crippen molar-refractivity contribution in [2.24, 2.45) is 17.8 Å². The average Bonchev–Trinajstić information content (AvgIpc) is 3.62. The van der Waals surface area contributed by atoms with Gasteiger partial charge in [-0.1, -0.05) is 20.8 Å². The van der Waals surface area contributed by atoms with E-state index in [1.807, 2.05) is 0 Å². The zero-order chi connectivity index (χ0) is 66.8. The van der Waals surface area contributed by atoms with Gasteiger partial charge in [-0.2, -0.15) is 0 Å². The van der Waals surface area contributed by atoms with Crippen molar-refractivity contribution in [1.82, 2.24) is 0 Å². The number of hydrogen-bond donors (Lipinski definition) is 2. The van der Waals surface area contributed by atoms with Crippen molar-refractivity contribution < 1.29 is 209 Å². The van der Waals surface area contributed by atoms with Gasteiger partial charge in [0.05, 0.1) is 139 Å². The van der Waals surface area contributed by atoms with E-state index in [4.69, 9.17) is 10.00 Å². The molecular weight excluding hydrogens is 1430 g/mol. The molecule has 14 atom stereocenters. The Hall–Kier alpha value is 1.17. The number of hydrogen-bond acceptors (Lipinski definition) is 44. The van der Waals surface area contributed by atoms with Crippen molar-refractivity contribution in [3.63, 3.8) is 0 Å². The summed E-state index contributed by atoms with van der Waals surface area (Å²) in [5.74, 6) is -2.23. The molecule has 14 unspecified atom stereocenters. The van der Waals surface area contributed by atoms with Gasteiger partial charge in [0.2, 0.25) is 0 Å². The molecule has 0 aliphatic rings. The first-order chi connectivity index (χ1) is 39.9. The highest BCUT2D eigenvalue weighted by atomic mass is 31.2. The predicted molar refractivity (Wildman–Crippen MR) is 259 cm³/mol. The van der Waals surface area contributed by atoms with Crippen LogP contribution in [0.3, 0.4) is 0 Å². The lowest BCUT2D eigenvalue weighted by molar-refractivity contribution is -0.239. The Morgan fingerprint density at radius 3 is 0.494 bits per heavy atom. The zero-order valence-corrected chi connectivity index (χ0v) is 55.6. The molecule has 0 fully saturated rings. The van der Waals surface area contributed by atoms with Crippen LogP contribution in [0.1, 0.15) is 40.0 Å². The molecular formula is C31H64O45P11-11. The Morgan fingerprint density at radius 1 is 0.241 bits per heavy atom. The summed E-state index contributed by atoms with van der Waals surface area (Å²) in [6, 6.07) is 0. The van der Waals surface area contributed by atoms with Crippen LogP contribution in [0.4, 0.5) is 0 Å². The van der Waals surface area contributed by atoms with E-state index in [0.717, 1.165) is 0 Å². The Labute approximate surface area is 496 Å². The van der Waals surface area contributed by atoms with Crippen LogP contribution in [-0.2, 0) is 145 Å². The van der Waals surface area contributed by atoms with Crippen molar-refractivity contribution in [1.29, 1.82) is 0 Å². The minimum atomic E-state index is -5.31. The Morgan fingerprint density at radius 2 is 0.368 bits per heavy atom. The first-order valence-electron chi connectivity index (χ1n) is 24.2. The second kappa shape index (κ2) is 43.4. The van der Waals surface area contributed by atoms with Gasteiger partial charge in [0, 0.05) is 24.4 Å². The topological polar surface area (TPSA) is 676 Å². The van der Waals surface area contributed by atoms with E-state index in [0.29, 0.717) is 6.42 Å². The van der Waals surface area contributed by atoms with E-state index in [2.05, 4.69) is 95.0 Å². The molecule has 0 heterocycles. The summed E-state index contributed by atoms with van der Waals surface area (Å²) in [5, 5.41) is 9.09. The number of phosphoric ester groups is 11.